The van der Waals surface area contributed by atoms with Gasteiger partial charge in [-0.25, -0.2) is 0 Å². The fraction of sp³-hybridized carbons (Fsp3) is 0.174. The normalized spacial score (nSPS) is 11.3. The van der Waals surface area contributed by atoms with Crippen molar-refractivity contribution < 1.29 is 32.5 Å². The van der Waals surface area contributed by atoms with Gasteiger partial charge in [0.05, 0.1) is 28.2 Å². The molecule has 0 aliphatic heterocycles. The predicted octanol–water partition coefficient (Wildman–Crippen LogP) is 5.95. The van der Waals surface area contributed by atoms with Crippen LogP contribution in [0.4, 0.5) is 30.2 Å². The van der Waals surface area contributed by atoms with Crippen LogP contribution < -0.4 is 14.9 Å². The first-order chi connectivity index (χ1) is 17.1. The van der Waals surface area contributed by atoms with Gasteiger partial charge in [0, 0.05) is 18.2 Å². The maximum Gasteiger partial charge on any atom is 0.416 e. The molecular formula is C23H19F3N4O6. The van der Waals surface area contributed by atoms with E-state index >= 15 is 0 Å². The Kier molecular flexibility index (Phi) is 8.04. The highest BCUT2D eigenvalue weighted by molar-refractivity contribution is 5.82. The summed E-state index contributed by atoms with van der Waals surface area (Å²) in [6.45, 7) is 2.12. The summed E-state index contributed by atoms with van der Waals surface area (Å²) in [5.41, 5.74) is 1.27. The van der Waals surface area contributed by atoms with Crippen molar-refractivity contribution in [3.63, 3.8) is 0 Å². The molecule has 10 nitrogen and oxygen atoms in total. The van der Waals surface area contributed by atoms with Crippen LogP contribution in [-0.4, -0.2) is 22.7 Å². The zero-order valence-corrected chi connectivity index (χ0v) is 18.7. The highest BCUT2D eigenvalue weighted by Crippen LogP contribution is 2.35. The number of nitro benzene ring substituents is 2. The Balaban J connectivity index is 1.74. The molecule has 0 saturated heterocycles. The molecule has 0 unspecified atom stereocenters. The average molecular weight is 504 g/mol. The lowest BCUT2D eigenvalue weighted by atomic mass is 10.1. The number of anilines is 1. The molecule has 0 aromatic heterocycles. The number of nitrogens with zero attached hydrogens (tertiary/aromatic N) is 3. The Labute approximate surface area is 202 Å². The molecule has 36 heavy (non-hydrogen) atoms. The van der Waals surface area contributed by atoms with Gasteiger partial charge >= 0.3 is 6.18 Å². The van der Waals surface area contributed by atoms with Crippen molar-refractivity contribution in [1.29, 1.82) is 0 Å². The Morgan fingerprint density at radius 3 is 2.42 bits per heavy atom. The van der Waals surface area contributed by atoms with Crippen molar-refractivity contribution in [3.05, 3.63) is 97.6 Å². The molecule has 0 bridgehead atoms. The largest absolute Gasteiger partial charge is 0.490 e. The van der Waals surface area contributed by atoms with E-state index in [4.69, 9.17) is 9.47 Å². The fourth-order valence-corrected chi connectivity index (χ4v) is 3.04. The monoisotopic (exact) mass is 504 g/mol. The summed E-state index contributed by atoms with van der Waals surface area (Å²) in [4.78, 5) is 20.7. The number of ether oxygens (including phenoxy) is 2. The van der Waals surface area contributed by atoms with E-state index in [0.717, 1.165) is 6.07 Å². The number of non-ortho nitro benzene ring substituents is 1. The summed E-state index contributed by atoms with van der Waals surface area (Å²) >= 11 is 0. The number of rotatable bonds is 10. The molecule has 0 amide bonds. The minimum absolute atomic E-state index is 0.0499. The van der Waals surface area contributed by atoms with E-state index in [9.17, 15) is 33.4 Å². The molecule has 0 radical (unpaired) electrons. The molecule has 0 heterocycles. The molecule has 13 heteroatoms. The third kappa shape index (κ3) is 6.68. The van der Waals surface area contributed by atoms with E-state index in [2.05, 4.69) is 10.5 Å². The summed E-state index contributed by atoms with van der Waals surface area (Å²) in [6, 6.07) is 12.8. The van der Waals surface area contributed by atoms with Crippen molar-refractivity contribution in [2.75, 3.05) is 12.0 Å². The molecule has 0 fully saturated rings. The minimum atomic E-state index is -4.72. The SMILES string of the molecule is CCOc1cc(/C=N\Nc2ccc(C(F)(F)F)cc2[N+](=O)[O-])ccc1OCc1cccc([N+](=O)[O-])c1. The van der Waals surface area contributed by atoms with Crippen LogP contribution >= 0.6 is 0 Å². The van der Waals surface area contributed by atoms with Gasteiger partial charge < -0.3 is 9.47 Å². The minimum Gasteiger partial charge on any atom is -0.490 e. The number of hydrogen-bond donors (Lipinski definition) is 1. The van der Waals surface area contributed by atoms with Gasteiger partial charge in [0.2, 0.25) is 0 Å². The van der Waals surface area contributed by atoms with Gasteiger partial charge in [-0.05, 0) is 48.4 Å². The number of hydrazone groups is 1. The predicted molar refractivity (Wildman–Crippen MR) is 124 cm³/mol. The number of alkyl halides is 3. The maximum absolute atomic E-state index is 12.8. The molecule has 0 saturated carbocycles. The number of nitro groups is 2. The lowest BCUT2D eigenvalue weighted by molar-refractivity contribution is -0.385. The Hall–Kier alpha value is -4.68. The lowest BCUT2D eigenvalue weighted by Gasteiger charge is -2.12. The quantitative estimate of drug-likeness (QED) is 0.205. The van der Waals surface area contributed by atoms with E-state index in [-0.39, 0.29) is 18.0 Å². The van der Waals surface area contributed by atoms with Gasteiger partial charge in [0.15, 0.2) is 11.5 Å². The Morgan fingerprint density at radius 1 is 0.972 bits per heavy atom. The number of nitrogens with one attached hydrogen (secondary N) is 1. The lowest BCUT2D eigenvalue weighted by Crippen LogP contribution is -2.06. The van der Waals surface area contributed by atoms with E-state index in [0.29, 0.717) is 41.4 Å². The van der Waals surface area contributed by atoms with E-state index in [1.165, 1.54) is 18.3 Å². The molecular weight excluding hydrogens is 485 g/mol. The van der Waals surface area contributed by atoms with E-state index in [1.807, 2.05) is 0 Å². The second kappa shape index (κ2) is 11.2. The average Bonchev–Trinajstić information content (AvgIpc) is 2.83. The Bertz CT molecular complexity index is 1300. The van der Waals surface area contributed by atoms with Crippen LogP contribution in [-0.2, 0) is 12.8 Å². The van der Waals surface area contributed by atoms with Gasteiger partial charge in [0.1, 0.15) is 12.3 Å². The standard InChI is InChI=1S/C23H19F3N4O6/c1-2-35-22-11-15(6-9-21(22)36-14-16-4-3-5-18(10-16)29(31)32)13-27-28-19-8-7-17(23(24,25)26)12-20(19)30(33)34/h3-13,28H,2,14H2,1H3/b27-13-. The van der Waals surface area contributed by atoms with Crippen LogP contribution in [0.3, 0.4) is 0 Å². The zero-order valence-electron chi connectivity index (χ0n) is 18.7. The summed E-state index contributed by atoms with van der Waals surface area (Å²) in [7, 11) is 0. The molecule has 3 rings (SSSR count). The first-order valence-corrected chi connectivity index (χ1v) is 10.4. The fourth-order valence-electron chi connectivity index (χ4n) is 3.04. The van der Waals surface area contributed by atoms with Crippen molar-refractivity contribution in [1.82, 2.24) is 0 Å². The third-order valence-electron chi connectivity index (χ3n) is 4.70. The second-order valence-electron chi connectivity index (χ2n) is 7.21. The zero-order chi connectivity index (χ0) is 26.3. The molecule has 0 atom stereocenters. The summed E-state index contributed by atoms with van der Waals surface area (Å²) < 4.78 is 49.9. The molecule has 0 aliphatic carbocycles. The smallest absolute Gasteiger partial charge is 0.416 e. The second-order valence-corrected chi connectivity index (χ2v) is 7.21. The van der Waals surface area contributed by atoms with Crippen molar-refractivity contribution >= 4 is 23.3 Å². The van der Waals surface area contributed by atoms with Crippen molar-refractivity contribution in [3.8, 4) is 11.5 Å². The van der Waals surface area contributed by atoms with Crippen molar-refractivity contribution in [2.24, 2.45) is 5.10 Å². The maximum atomic E-state index is 12.8. The number of benzene rings is 3. The van der Waals surface area contributed by atoms with Crippen LogP contribution in [0.25, 0.3) is 0 Å². The van der Waals surface area contributed by atoms with Crippen LogP contribution in [0.5, 0.6) is 11.5 Å². The number of hydrogen-bond acceptors (Lipinski definition) is 8. The Morgan fingerprint density at radius 2 is 1.75 bits per heavy atom. The van der Waals surface area contributed by atoms with Gasteiger partial charge in [-0.2, -0.15) is 18.3 Å². The molecule has 1 N–H and O–H groups in total. The first-order valence-electron chi connectivity index (χ1n) is 10.4. The highest BCUT2D eigenvalue weighted by Gasteiger charge is 2.33. The van der Waals surface area contributed by atoms with E-state index < -0.39 is 27.3 Å². The first kappa shape index (κ1) is 25.9. The van der Waals surface area contributed by atoms with E-state index in [1.54, 1.807) is 37.3 Å². The summed E-state index contributed by atoms with van der Waals surface area (Å²) in [6.07, 6.45) is -3.42. The molecule has 3 aromatic carbocycles. The van der Waals surface area contributed by atoms with Crippen LogP contribution in [0.1, 0.15) is 23.6 Å². The third-order valence-corrected chi connectivity index (χ3v) is 4.70. The molecule has 0 spiro atoms. The molecule has 3 aromatic rings. The van der Waals surface area contributed by atoms with Crippen LogP contribution in [0.2, 0.25) is 0 Å². The molecule has 188 valence electrons. The van der Waals surface area contributed by atoms with Crippen LogP contribution in [0, 0.1) is 20.2 Å². The highest BCUT2D eigenvalue weighted by atomic mass is 19.4. The van der Waals surface area contributed by atoms with Gasteiger partial charge in [-0.15, -0.1) is 0 Å². The van der Waals surface area contributed by atoms with Gasteiger partial charge in [-0.3, -0.25) is 25.7 Å². The summed E-state index contributed by atoms with van der Waals surface area (Å²) in [5.74, 6) is 0.722. The number of halogens is 3. The topological polar surface area (TPSA) is 129 Å². The van der Waals surface area contributed by atoms with Crippen LogP contribution in [0.15, 0.2) is 65.8 Å². The van der Waals surface area contributed by atoms with Gasteiger partial charge in [0.25, 0.3) is 11.4 Å². The van der Waals surface area contributed by atoms with Crippen molar-refractivity contribution in [2.45, 2.75) is 19.7 Å². The van der Waals surface area contributed by atoms with Gasteiger partial charge in [-0.1, -0.05) is 12.1 Å². The molecule has 0 aliphatic rings. The summed E-state index contributed by atoms with van der Waals surface area (Å²) in [5, 5.41) is 26.0.